The largest absolute Gasteiger partial charge is 0.378 e. The monoisotopic (exact) mass is 318 g/mol. The van der Waals surface area contributed by atoms with Crippen LogP contribution in [-0.4, -0.2) is 55.2 Å². The Bertz CT molecular complexity index is 409. The predicted molar refractivity (Wildman–Crippen MR) is 68.3 cm³/mol. The van der Waals surface area contributed by atoms with E-state index in [2.05, 4.69) is 15.6 Å². The van der Waals surface area contributed by atoms with E-state index in [9.17, 15) is 19.2 Å². The van der Waals surface area contributed by atoms with Gasteiger partial charge in [-0.2, -0.15) is 5.90 Å². The number of rotatable bonds is 10. The lowest BCUT2D eigenvalue weighted by molar-refractivity contribution is -0.198. The van der Waals surface area contributed by atoms with Gasteiger partial charge in [0.1, 0.15) is 0 Å². The molecule has 1 fully saturated rings. The third-order valence-corrected chi connectivity index (χ3v) is 2.60. The van der Waals surface area contributed by atoms with Gasteiger partial charge in [-0.1, -0.05) is 0 Å². The zero-order valence-electron chi connectivity index (χ0n) is 11.9. The fourth-order valence-electron chi connectivity index (χ4n) is 1.50. The van der Waals surface area contributed by atoms with E-state index in [0.717, 1.165) is 0 Å². The van der Waals surface area contributed by atoms with Crippen molar-refractivity contribution in [1.29, 1.82) is 0 Å². The van der Waals surface area contributed by atoms with Gasteiger partial charge in [-0.05, 0) is 0 Å². The van der Waals surface area contributed by atoms with E-state index < -0.39 is 23.8 Å². The minimum Gasteiger partial charge on any atom is -0.378 e. The molecule has 10 nitrogen and oxygen atoms in total. The second kappa shape index (κ2) is 9.82. The lowest BCUT2D eigenvalue weighted by atomic mass is 10.4. The molecule has 10 heteroatoms. The summed E-state index contributed by atoms with van der Waals surface area (Å²) < 4.78 is 10.2. The molecule has 0 aromatic carbocycles. The second-order valence-corrected chi connectivity index (χ2v) is 4.26. The van der Waals surface area contributed by atoms with Gasteiger partial charge in [0.2, 0.25) is 0 Å². The first-order valence-electron chi connectivity index (χ1n) is 6.66. The molecule has 0 aromatic rings. The summed E-state index contributed by atoms with van der Waals surface area (Å²) in [6, 6.07) is 0. The van der Waals surface area contributed by atoms with Gasteiger partial charge in [-0.25, -0.2) is 4.79 Å². The summed E-state index contributed by atoms with van der Waals surface area (Å²) in [5.41, 5.74) is 0. The molecule has 1 aliphatic rings. The maximum absolute atomic E-state index is 11.4. The number of ether oxygens (including phenoxy) is 2. The highest BCUT2D eigenvalue weighted by atomic mass is 16.7. The maximum atomic E-state index is 11.4. The van der Waals surface area contributed by atoms with Gasteiger partial charge >= 0.3 is 11.9 Å². The zero-order chi connectivity index (χ0) is 16.4. The highest BCUT2D eigenvalue weighted by Gasteiger charge is 2.32. The van der Waals surface area contributed by atoms with Crippen molar-refractivity contribution in [3.63, 3.8) is 0 Å². The molecule has 0 unspecified atom stereocenters. The van der Waals surface area contributed by atoms with Crippen molar-refractivity contribution >= 4 is 23.8 Å². The topological polar surface area (TPSA) is 134 Å². The Hall–Kier alpha value is -2.04. The van der Waals surface area contributed by atoms with Crippen LogP contribution in [0, 0.1) is 0 Å². The summed E-state index contributed by atoms with van der Waals surface area (Å²) in [5, 5.41) is 0.488. The zero-order valence-corrected chi connectivity index (χ0v) is 11.9. The number of hydroxylamine groups is 2. The molecule has 1 saturated heterocycles. The normalized spacial score (nSPS) is 14.3. The number of nitrogens with zero attached hydrogens (tertiary/aromatic N) is 1. The lowest BCUT2D eigenvalue weighted by Gasteiger charge is -2.12. The minimum absolute atomic E-state index is 0.0424. The van der Waals surface area contributed by atoms with Crippen molar-refractivity contribution in [3.05, 3.63) is 0 Å². The summed E-state index contributed by atoms with van der Waals surface area (Å²) >= 11 is 0. The van der Waals surface area contributed by atoms with Crippen LogP contribution in [0.4, 0.5) is 0 Å². The van der Waals surface area contributed by atoms with Gasteiger partial charge in [0, 0.05) is 12.8 Å². The number of hydrogen-bond donors (Lipinski definition) is 1. The van der Waals surface area contributed by atoms with Crippen molar-refractivity contribution in [3.8, 4) is 0 Å². The van der Waals surface area contributed by atoms with Gasteiger partial charge < -0.3 is 19.1 Å². The van der Waals surface area contributed by atoms with Crippen molar-refractivity contribution < 1.29 is 38.3 Å². The number of amides is 2. The molecule has 2 amide bonds. The Morgan fingerprint density at radius 2 is 1.41 bits per heavy atom. The summed E-state index contributed by atoms with van der Waals surface area (Å²) in [4.78, 5) is 53.0. The second-order valence-electron chi connectivity index (χ2n) is 4.26. The van der Waals surface area contributed by atoms with Crippen LogP contribution in [0.5, 0.6) is 0 Å². The van der Waals surface area contributed by atoms with Crippen LogP contribution in [0.2, 0.25) is 0 Å². The average molecular weight is 318 g/mol. The summed E-state index contributed by atoms with van der Waals surface area (Å²) in [5.74, 6) is 2.29. The van der Waals surface area contributed by atoms with E-state index in [1.807, 2.05) is 0 Å². The van der Waals surface area contributed by atoms with Gasteiger partial charge in [0.15, 0.2) is 0 Å². The third-order valence-electron chi connectivity index (χ3n) is 2.60. The molecule has 0 bridgehead atoms. The molecule has 1 heterocycles. The van der Waals surface area contributed by atoms with Crippen molar-refractivity contribution in [2.45, 2.75) is 25.7 Å². The molecule has 1 aliphatic heterocycles. The van der Waals surface area contributed by atoms with E-state index in [1.165, 1.54) is 0 Å². The molecule has 0 atom stereocenters. The maximum Gasteiger partial charge on any atom is 0.335 e. The molecule has 1 rings (SSSR count). The molecule has 0 aliphatic carbocycles. The molecule has 0 radical (unpaired) electrons. The van der Waals surface area contributed by atoms with E-state index in [1.54, 1.807) is 0 Å². The van der Waals surface area contributed by atoms with E-state index in [0.29, 0.717) is 5.06 Å². The summed E-state index contributed by atoms with van der Waals surface area (Å²) in [7, 11) is 0. The average Bonchev–Trinajstić information content (AvgIpc) is 2.81. The van der Waals surface area contributed by atoms with Crippen molar-refractivity contribution in [1.82, 2.24) is 5.06 Å². The SMILES string of the molecule is NOC(=O)CCOCCOCCC(=O)ON1C(=O)CCC1=O. The first-order chi connectivity index (χ1) is 10.5. The summed E-state index contributed by atoms with van der Waals surface area (Å²) in [6.07, 6.45) is 0.0482. The smallest absolute Gasteiger partial charge is 0.335 e. The molecule has 0 aromatic heterocycles. The quantitative estimate of drug-likeness (QED) is 0.300. The molecule has 124 valence electrons. The van der Waals surface area contributed by atoms with Crippen LogP contribution in [0.25, 0.3) is 0 Å². The van der Waals surface area contributed by atoms with Gasteiger partial charge in [-0.3, -0.25) is 14.4 Å². The van der Waals surface area contributed by atoms with Crippen molar-refractivity contribution in [2.75, 3.05) is 26.4 Å². The van der Waals surface area contributed by atoms with Gasteiger partial charge in [-0.15, -0.1) is 5.06 Å². The standard InChI is InChI=1S/C12H18N2O8/c13-21-11(17)3-5-19-7-8-20-6-4-12(18)22-14-9(15)1-2-10(14)16/h1-8,13H2. The Balaban J connectivity index is 1.98. The minimum atomic E-state index is -0.727. The fourth-order valence-corrected chi connectivity index (χ4v) is 1.50. The van der Waals surface area contributed by atoms with Crippen molar-refractivity contribution in [2.24, 2.45) is 5.90 Å². The highest BCUT2D eigenvalue weighted by molar-refractivity contribution is 6.01. The van der Waals surface area contributed by atoms with E-state index in [-0.39, 0.29) is 52.1 Å². The summed E-state index contributed by atoms with van der Waals surface area (Å²) in [6.45, 7) is 0.659. The fraction of sp³-hybridized carbons (Fsp3) is 0.667. The molecule has 0 saturated carbocycles. The van der Waals surface area contributed by atoms with Crippen LogP contribution in [0.1, 0.15) is 25.7 Å². The molecular weight excluding hydrogens is 300 g/mol. The van der Waals surface area contributed by atoms with Crippen LogP contribution < -0.4 is 5.90 Å². The number of nitrogens with two attached hydrogens (primary N) is 1. The molecule has 2 N–H and O–H groups in total. The third kappa shape index (κ3) is 6.61. The van der Waals surface area contributed by atoms with Gasteiger partial charge in [0.05, 0.1) is 39.3 Å². The molecule has 0 spiro atoms. The Labute approximate surface area is 126 Å². The number of imide groups is 1. The lowest BCUT2D eigenvalue weighted by Crippen LogP contribution is -2.32. The number of hydrogen-bond acceptors (Lipinski definition) is 9. The van der Waals surface area contributed by atoms with Gasteiger partial charge in [0.25, 0.3) is 11.8 Å². The number of carbonyl (C=O) groups is 4. The predicted octanol–water partition coefficient (Wildman–Crippen LogP) is -1.18. The van der Waals surface area contributed by atoms with Crippen LogP contribution in [0.15, 0.2) is 0 Å². The highest BCUT2D eigenvalue weighted by Crippen LogP contribution is 2.12. The van der Waals surface area contributed by atoms with Crippen LogP contribution in [0.3, 0.4) is 0 Å². The molecule has 22 heavy (non-hydrogen) atoms. The number of carbonyl (C=O) groups excluding carboxylic acids is 4. The van der Waals surface area contributed by atoms with Crippen LogP contribution in [-0.2, 0) is 38.3 Å². The van der Waals surface area contributed by atoms with Crippen LogP contribution >= 0.6 is 0 Å². The first-order valence-corrected chi connectivity index (χ1v) is 6.66. The Morgan fingerprint density at radius 3 is 1.91 bits per heavy atom. The van der Waals surface area contributed by atoms with E-state index in [4.69, 9.17) is 9.47 Å². The Kier molecular flexibility index (Phi) is 8.04. The van der Waals surface area contributed by atoms with E-state index >= 15 is 0 Å². The Morgan fingerprint density at radius 1 is 0.909 bits per heavy atom. The first kappa shape index (κ1) is 18.0. The molecular formula is C12H18N2O8.